The Kier molecular flexibility index (Phi) is 3.35. The maximum absolute atomic E-state index is 11.2. The number of nitrogens with two attached hydrogens (primary N) is 1. The lowest BCUT2D eigenvalue weighted by Crippen LogP contribution is -2.29. The van der Waals surface area contributed by atoms with E-state index in [1.54, 1.807) is 6.07 Å². The summed E-state index contributed by atoms with van der Waals surface area (Å²) in [5.74, 6) is 4.80. The minimum Gasteiger partial charge on any atom is -0.373 e. The molecule has 5 heteroatoms. The summed E-state index contributed by atoms with van der Waals surface area (Å²) in [5.41, 5.74) is 2.11. The second-order valence-electron chi connectivity index (χ2n) is 3.60. The predicted octanol–water partition coefficient (Wildman–Crippen LogP) is 1.42. The van der Waals surface area contributed by atoms with Crippen LogP contribution in [0.15, 0.2) is 12.1 Å². The number of thiophene rings is 1. The van der Waals surface area contributed by atoms with Gasteiger partial charge < -0.3 is 4.74 Å². The van der Waals surface area contributed by atoms with Gasteiger partial charge in [-0.05, 0) is 31.4 Å². The lowest BCUT2D eigenvalue weighted by molar-refractivity contribution is -0.00744. The van der Waals surface area contributed by atoms with Gasteiger partial charge in [0.05, 0.1) is 17.6 Å². The molecule has 0 aliphatic heterocycles. The van der Waals surface area contributed by atoms with Crippen molar-refractivity contribution in [1.82, 2.24) is 5.43 Å². The Balaban J connectivity index is 1.86. The lowest BCUT2D eigenvalue weighted by atomic mass is 9.96. The van der Waals surface area contributed by atoms with Crippen LogP contribution >= 0.6 is 11.3 Å². The number of hydrazine groups is 1. The molecule has 82 valence electrons. The molecule has 1 aromatic rings. The molecule has 1 heterocycles. The molecule has 1 aliphatic carbocycles. The van der Waals surface area contributed by atoms with Crippen molar-refractivity contribution in [2.45, 2.75) is 32.0 Å². The van der Waals surface area contributed by atoms with E-state index in [-0.39, 0.29) is 5.91 Å². The second kappa shape index (κ2) is 4.74. The van der Waals surface area contributed by atoms with Gasteiger partial charge in [0.25, 0.3) is 5.91 Å². The molecule has 0 aromatic carbocycles. The number of ether oxygens (including phenoxy) is 1. The summed E-state index contributed by atoms with van der Waals surface area (Å²) in [5, 5.41) is 0. The minimum absolute atomic E-state index is 0.241. The highest BCUT2D eigenvalue weighted by molar-refractivity contribution is 7.14. The smallest absolute Gasteiger partial charge is 0.275 e. The van der Waals surface area contributed by atoms with E-state index >= 15 is 0 Å². The number of nitrogens with one attached hydrogen (secondary N) is 1. The predicted molar refractivity (Wildman–Crippen MR) is 58.4 cm³/mol. The van der Waals surface area contributed by atoms with E-state index in [2.05, 4.69) is 5.43 Å². The molecule has 0 radical (unpaired) electrons. The number of carbonyl (C=O) groups is 1. The molecule has 15 heavy (non-hydrogen) atoms. The van der Waals surface area contributed by atoms with E-state index in [9.17, 15) is 4.79 Å². The molecule has 0 unspecified atom stereocenters. The summed E-state index contributed by atoms with van der Waals surface area (Å²) in [7, 11) is 0. The van der Waals surface area contributed by atoms with Crippen LogP contribution in [-0.4, -0.2) is 12.0 Å². The van der Waals surface area contributed by atoms with Crippen molar-refractivity contribution in [1.29, 1.82) is 0 Å². The Morgan fingerprint density at radius 3 is 3.00 bits per heavy atom. The molecule has 0 atom stereocenters. The fourth-order valence-corrected chi connectivity index (χ4v) is 2.22. The zero-order valence-electron chi connectivity index (χ0n) is 8.36. The summed E-state index contributed by atoms with van der Waals surface area (Å²) in [6.07, 6.45) is 4.04. The van der Waals surface area contributed by atoms with Crippen LogP contribution in [0.2, 0.25) is 0 Å². The molecular weight excluding hydrogens is 212 g/mol. The van der Waals surface area contributed by atoms with Gasteiger partial charge in [-0.2, -0.15) is 0 Å². The summed E-state index contributed by atoms with van der Waals surface area (Å²) in [6, 6.07) is 3.68. The van der Waals surface area contributed by atoms with Crippen LogP contribution in [0.1, 0.15) is 33.8 Å². The molecule has 1 amide bonds. The summed E-state index contributed by atoms with van der Waals surface area (Å²) in [4.78, 5) is 12.9. The van der Waals surface area contributed by atoms with E-state index in [0.717, 1.165) is 4.88 Å². The summed E-state index contributed by atoms with van der Waals surface area (Å²) < 4.78 is 5.64. The van der Waals surface area contributed by atoms with Crippen LogP contribution in [0.3, 0.4) is 0 Å². The zero-order valence-corrected chi connectivity index (χ0v) is 9.18. The van der Waals surface area contributed by atoms with E-state index < -0.39 is 0 Å². The fourth-order valence-electron chi connectivity index (χ4n) is 1.39. The molecule has 4 nitrogen and oxygen atoms in total. The largest absolute Gasteiger partial charge is 0.373 e. The van der Waals surface area contributed by atoms with E-state index in [1.165, 1.54) is 30.6 Å². The Bertz CT molecular complexity index is 347. The van der Waals surface area contributed by atoms with E-state index in [4.69, 9.17) is 10.6 Å². The standard InChI is InChI=1S/C10H14N2O2S/c11-12-10(13)9-5-4-8(15-9)6-14-7-2-1-3-7/h4-5,7H,1-3,6,11H2,(H,12,13). The van der Waals surface area contributed by atoms with Gasteiger partial charge >= 0.3 is 0 Å². The van der Waals surface area contributed by atoms with Crippen molar-refractivity contribution in [2.75, 3.05) is 0 Å². The fraction of sp³-hybridized carbons (Fsp3) is 0.500. The number of amides is 1. The number of hydrogen-bond donors (Lipinski definition) is 2. The molecule has 1 aliphatic rings. The van der Waals surface area contributed by atoms with Crippen LogP contribution in [0.4, 0.5) is 0 Å². The van der Waals surface area contributed by atoms with Crippen LogP contribution < -0.4 is 11.3 Å². The Labute approximate surface area is 92.4 Å². The van der Waals surface area contributed by atoms with Crippen molar-refractivity contribution in [3.8, 4) is 0 Å². The van der Waals surface area contributed by atoms with Crippen molar-refractivity contribution in [3.63, 3.8) is 0 Å². The van der Waals surface area contributed by atoms with E-state index in [1.807, 2.05) is 6.07 Å². The maximum Gasteiger partial charge on any atom is 0.275 e. The zero-order chi connectivity index (χ0) is 10.7. The van der Waals surface area contributed by atoms with Gasteiger partial charge in [0.15, 0.2) is 0 Å². The third-order valence-electron chi connectivity index (χ3n) is 2.53. The van der Waals surface area contributed by atoms with Crippen molar-refractivity contribution >= 4 is 17.2 Å². The number of hydrogen-bond acceptors (Lipinski definition) is 4. The summed E-state index contributed by atoms with van der Waals surface area (Å²) in [6.45, 7) is 0.604. The lowest BCUT2D eigenvalue weighted by Gasteiger charge is -2.25. The molecular formula is C10H14N2O2S. The Morgan fingerprint density at radius 2 is 2.40 bits per heavy atom. The third-order valence-corrected chi connectivity index (χ3v) is 3.59. The van der Waals surface area contributed by atoms with Gasteiger partial charge in [-0.15, -0.1) is 11.3 Å². The molecule has 0 saturated heterocycles. The first-order valence-electron chi connectivity index (χ1n) is 5.01. The third kappa shape index (κ3) is 2.56. The number of carbonyl (C=O) groups excluding carboxylic acids is 1. The maximum atomic E-state index is 11.2. The van der Waals surface area contributed by atoms with E-state index in [0.29, 0.717) is 17.6 Å². The monoisotopic (exact) mass is 226 g/mol. The van der Waals surface area contributed by atoms with Crippen LogP contribution in [0.5, 0.6) is 0 Å². The number of nitrogen functional groups attached to an aromatic ring is 1. The minimum atomic E-state index is -0.241. The van der Waals surface area contributed by atoms with Gasteiger partial charge in [-0.1, -0.05) is 0 Å². The second-order valence-corrected chi connectivity index (χ2v) is 4.77. The first kappa shape index (κ1) is 10.6. The van der Waals surface area contributed by atoms with Gasteiger partial charge in [0, 0.05) is 4.88 Å². The molecule has 3 N–H and O–H groups in total. The van der Waals surface area contributed by atoms with Gasteiger partial charge in [-0.3, -0.25) is 10.2 Å². The van der Waals surface area contributed by atoms with Crippen LogP contribution in [-0.2, 0) is 11.3 Å². The van der Waals surface area contributed by atoms with Crippen LogP contribution in [0.25, 0.3) is 0 Å². The van der Waals surface area contributed by atoms with Crippen molar-refractivity contribution in [3.05, 3.63) is 21.9 Å². The van der Waals surface area contributed by atoms with Gasteiger partial charge in [0.2, 0.25) is 0 Å². The first-order valence-corrected chi connectivity index (χ1v) is 5.82. The van der Waals surface area contributed by atoms with Crippen LogP contribution in [0, 0.1) is 0 Å². The van der Waals surface area contributed by atoms with Gasteiger partial charge in [-0.25, -0.2) is 5.84 Å². The topological polar surface area (TPSA) is 64.3 Å². The molecule has 0 spiro atoms. The Hall–Kier alpha value is -0.910. The Morgan fingerprint density at radius 1 is 1.60 bits per heavy atom. The molecule has 1 fully saturated rings. The molecule has 2 rings (SSSR count). The average Bonchev–Trinajstić information content (AvgIpc) is 2.63. The van der Waals surface area contributed by atoms with Crippen molar-refractivity contribution in [2.24, 2.45) is 5.84 Å². The molecule has 0 bridgehead atoms. The highest BCUT2D eigenvalue weighted by Crippen LogP contribution is 2.25. The quantitative estimate of drug-likeness (QED) is 0.463. The molecule has 1 aromatic heterocycles. The highest BCUT2D eigenvalue weighted by atomic mass is 32.1. The number of rotatable bonds is 4. The molecule has 1 saturated carbocycles. The van der Waals surface area contributed by atoms with Gasteiger partial charge in [0.1, 0.15) is 0 Å². The SMILES string of the molecule is NNC(=O)c1ccc(COC2CCC2)s1. The highest BCUT2D eigenvalue weighted by Gasteiger charge is 2.18. The normalized spacial score (nSPS) is 16.1. The first-order chi connectivity index (χ1) is 7.29. The van der Waals surface area contributed by atoms with Crippen molar-refractivity contribution < 1.29 is 9.53 Å². The average molecular weight is 226 g/mol. The summed E-state index contributed by atoms with van der Waals surface area (Å²) >= 11 is 1.43.